The summed E-state index contributed by atoms with van der Waals surface area (Å²) < 4.78 is 5.97. The number of ether oxygens (including phenoxy) is 1. The Morgan fingerprint density at radius 3 is 2.25 bits per heavy atom. The number of unbranched alkanes of at least 4 members (excludes halogenated alkanes) is 1. The molecule has 1 nitrogen and oxygen atoms in total. The van der Waals surface area contributed by atoms with Crippen LogP contribution >= 0.6 is 33.2 Å². The lowest BCUT2D eigenvalue weighted by Crippen LogP contribution is -2.22. The average Bonchev–Trinajstić information content (AvgIpc) is 2.57. The smallest absolute Gasteiger partial charge is 0.341 e. The van der Waals surface area contributed by atoms with Gasteiger partial charge in [-0.05, 0) is 68.0 Å². The molecule has 0 radical (unpaired) electrons. The first kappa shape index (κ1) is 20.6. The number of aryl methyl sites for hydroxylation is 1. The van der Waals surface area contributed by atoms with Gasteiger partial charge in [0.25, 0.3) is 0 Å². The van der Waals surface area contributed by atoms with E-state index in [2.05, 4.69) is 31.2 Å². The minimum Gasteiger partial charge on any atom is -0.378 e. The summed E-state index contributed by atoms with van der Waals surface area (Å²) in [6, 6.07) is 7.52. The van der Waals surface area contributed by atoms with E-state index in [1.807, 2.05) is 0 Å². The maximum atomic E-state index is 5.97. The molecular formula is C19H29Cl3OSi. The van der Waals surface area contributed by atoms with Gasteiger partial charge in [0, 0.05) is 6.61 Å². The fourth-order valence-corrected chi connectivity index (χ4v) is 5.17. The molecule has 1 aliphatic carbocycles. The normalized spacial score (nSPS) is 21.8. The molecule has 0 heterocycles. The van der Waals surface area contributed by atoms with Gasteiger partial charge < -0.3 is 4.74 Å². The number of hydrogen-bond donors (Lipinski definition) is 0. The summed E-state index contributed by atoms with van der Waals surface area (Å²) in [6.07, 6.45) is 9.73. The molecule has 1 aromatic carbocycles. The molecule has 1 aliphatic rings. The molecule has 0 amide bonds. The van der Waals surface area contributed by atoms with Gasteiger partial charge in [0.2, 0.25) is 0 Å². The molecule has 0 bridgehead atoms. The van der Waals surface area contributed by atoms with E-state index in [1.54, 1.807) is 0 Å². The number of halogens is 3. The van der Waals surface area contributed by atoms with Crippen LogP contribution in [0.4, 0.5) is 0 Å². The van der Waals surface area contributed by atoms with Crippen molar-refractivity contribution in [3.63, 3.8) is 0 Å². The van der Waals surface area contributed by atoms with Crippen molar-refractivity contribution in [3.8, 4) is 0 Å². The first-order valence-electron chi connectivity index (χ1n) is 9.25. The van der Waals surface area contributed by atoms with Crippen LogP contribution in [0.1, 0.15) is 68.9 Å². The number of hydrogen-bond acceptors (Lipinski definition) is 1. The monoisotopic (exact) mass is 406 g/mol. The summed E-state index contributed by atoms with van der Waals surface area (Å²) in [4.78, 5) is 0. The first-order valence-corrected chi connectivity index (χ1v) is 14.5. The van der Waals surface area contributed by atoms with Crippen molar-refractivity contribution in [2.75, 3.05) is 6.61 Å². The first-order chi connectivity index (χ1) is 11.5. The van der Waals surface area contributed by atoms with Gasteiger partial charge in [-0.25, -0.2) is 0 Å². The van der Waals surface area contributed by atoms with Crippen molar-refractivity contribution in [2.24, 2.45) is 0 Å². The molecule has 0 atom stereocenters. The zero-order chi connectivity index (χ0) is 17.4. The summed E-state index contributed by atoms with van der Waals surface area (Å²) in [5.74, 6) is 0.693. The van der Waals surface area contributed by atoms with E-state index >= 15 is 0 Å². The maximum absolute atomic E-state index is 5.97. The summed E-state index contributed by atoms with van der Waals surface area (Å²) >= 11 is 17.7. The summed E-state index contributed by atoms with van der Waals surface area (Å²) in [7, 11) is 0. The van der Waals surface area contributed by atoms with Crippen molar-refractivity contribution in [3.05, 3.63) is 35.4 Å². The Hall–Kier alpha value is 0.267. The standard InChI is InChI=1S/C19H29Cl3OSi/c1-2-3-5-16-6-8-17(9-7-16)18-10-12-19(13-11-18)23-14-4-15-24(20,21)22/h6-9,18-19H,2-5,10-15H2,1H3. The Morgan fingerprint density at radius 2 is 1.67 bits per heavy atom. The van der Waals surface area contributed by atoms with E-state index < -0.39 is 6.00 Å². The highest BCUT2D eigenvalue weighted by atomic mass is 35.8. The molecule has 1 aromatic rings. The highest BCUT2D eigenvalue weighted by Crippen LogP contribution is 2.34. The molecule has 0 aromatic heterocycles. The van der Waals surface area contributed by atoms with Crippen LogP contribution in [0.25, 0.3) is 0 Å². The predicted octanol–water partition coefficient (Wildman–Crippen LogP) is 7.12. The SMILES string of the molecule is CCCCc1ccc(C2CCC(OCCC[Si](Cl)(Cl)Cl)CC2)cc1. The van der Waals surface area contributed by atoms with Crippen LogP contribution < -0.4 is 0 Å². The summed E-state index contributed by atoms with van der Waals surface area (Å²) in [5, 5.41) is 0. The van der Waals surface area contributed by atoms with Crippen molar-refractivity contribution in [1.29, 1.82) is 0 Å². The van der Waals surface area contributed by atoms with Crippen LogP contribution in [0.2, 0.25) is 6.04 Å². The average molecular weight is 408 g/mol. The van der Waals surface area contributed by atoms with Crippen molar-refractivity contribution in [1.82, 2.24) is 0 Å². The maximum Gasteiger partial charge on any atom is 0.341 e. The minimum atomic E-state index is -2.48. The van der Waals surface area contributed by atoms with Crippen molar-refractivity contribution < 1.29 is 4.74 Å². The number of benzene rings is 1. The lowest BCUT2D eigenvalue weighted by atomic mass is 9.82. The third-order valence-corrected chi connectivity index (χ3v) is 7.52. The number of rotatable bonds is 9. The summed E-state index contributed by atoms with van der Waals surface area (Å²) in [5.41, 5.74) is 2.96. The van der Waals surface area contributed by atoms with Gasteiger partial charge in [0.05, 0.1) is 6.10 Å². The lowest BCUT2D eigenvalue weighted by molar-refractivity contribution is 0.0251. The van der Waals surface area contributed by atoms with Gasteiger partial charge in [0.15, 0.2) is 0 Å². The van der Waals surface area contributed by atoms with Gasteiger partial charge in [-0.15, -0.1) is 33.2 Å². The van der Waals surface area contributed by atoms with Crippen LogP contribution in [-0.2, 0) is 11.2 Å². The summed E-state index contributed by atoms with van der Waals surface area (Å²) in [6.45, 7) is 2.97. The molecule has 0 N–H and O–H groups in total. The second kappa shape index (κ2) is 10.4. The predicted molar refractivity (Wildman–Crippen MR) is 109 cm³/mol. The third kappa shape index (κ3) is 7.66. The minimum absolute atomic E-state index is 0.391. The van der Waals surface area contributed by atoms with Crippen LogP contribution in [0, 0.1) is 0 Å². The molecule has 2 rings (SSSR count). The quantitative estimate of drug-likeness (QED) is 0.240. The van der Waals surface area contributed by atoms with E-state index in [9.17, 15) is 0 Å². The highest BCUT2D eigenvalue weighted by molar-refractivity contribution is 7.64. The van der Waals surface area contributed by atoms with Gasteiger partial charge in [-0.1, -0.05) is 37.6 Å². The van der Waals surface area contributed by atoms with Gasteiger partial charge in [0.1, 0.15) is 0 Å². The van der Waals surface area contributed by atoms with Gasteiger partial charge in [-0.3, -0.25) is 0 Å². The molecule has 0 aliphatic heterocycles. The Balaban J connectivity index is 1.68. The van der Waals surface area contributed by atoms with Crippen LogP contribution in [0.15, 0.2) is 24.3 Å². The Labute approximate surface area is 162 Å². The second-order valence-electron chi connectivity index (χ2n) is 6.91. The van der Waals surface area contributed by atoms with Crippen molar-refractivity contribution >= 4 is 39.2 Å². The Morgan fingerprint density at radius 1 is 1.00 bits per heavy atom. The second-order valence-corrected chi connectivity index (χ2v) is 16.2. The third-order valence-electron chi connectivity index (χ3n) is 4.90. The van der Waals surface area contributed by atoms with E-state index in [1.165, 1.54) is 43.2 Å². The van der Waals surface area contributed by atoms with E-state index in [4.69, 9.17) is 38.0 Å². The molecule has 24 heavy (non-hydrogen) atoms. The fraction of sp³-hybridized carbons (Fsp3) is 0.684. The fourth-order valence-electron chi connectivity index (χ4n) is 3.42. The largest absolute Gasteiger partial charge is 0.378 e. The molecule has 136 valence electrons. The molecule has 5 heteroatoms. The Kier molecular flexibility index (Phi) is 8.94. The molecule has 0 saturated heterocycles. The topological polar surface area (TPSA) is 9.23 Å². The molecule has 0 unspecified atom stereocenters. The zero-order valence-electron chi connectivity index (χ0n) is 14.6. The molecule has 0 spiro atoms. The van der Waals surface area contributed by atoms with E-state index in [0.717, 1.165) is 25.9 Å². The molecule has 1 saturated carbocycles. The van der Waals surface area contributed by atoms with Crippen LogP contribution in [0.5, 0.6) is 0 Å². The van der Waals surface area contributed by atoms with Crippen LogP contribution in [-0.4, -0.2) is 18.7 Å². The highest BCUT2D eigenvalue weighted by Gasteiger charge is 2.25. The molecule has 1 fully saturated rings. The zero-order valence-corrected chi connectivity index (χ0v) is 17.8. The van der Waals surface area contributed by atoms with Crippen molar-refractivity contribution in [2.45, 2.75) is 76.4 Å². The van der Waals surface area contributed by atoms with E-state index in [0.29, 0.717) is 18.1 Å². The van der Waals surface area contributed by atoms with Gasteiger partial charge >= 0.3 is 6.00 Å². The van der Waals surface area contributed by atoms with E-state index in [-0.39, 0.29) is 0 Å². The molecular weight excluding hydrogens is 379 g/mol. The van der Waals surface area contributed by atoms with Crippen LogP contribution in [0.3, 0.4) is 0 Å². The van der Waals surface area contributed by atoms with Gasteiger partial charge in [-0.2, -0.15) is 0 Å². The Bertz CT molecular complexity index is 464. The lowest BCUT2D eigenvalue weighted by Gasteiger charge is -2.29.